The summed E-state index contributed by atoms with van der Waals surface area (Å²) >= 11 is 0. The quantitative estimate of drug-likeness (QED) is 0.855. The van der Waals surface area contributed by atoms with E-state index in [1.165, 1.54) is 6.26 Å². The Morgan fingerprint density at radius 2 is 1.81 bits per heavy atom. The maximum atomic E-state index is 11.2. The molecule has 0 spiro atoms. The molecular formula is C11H15NO3S. The van der Waals surface area contributed by atoms with Crippen LogP contribution in [0.5, 0.6) is 5.75 Å². The maximum absolute atomic E-state index is 11.2. The van der Waals surface area contributed by atoms with Gasteiger partial charge in [-0.1, -0.05) is 0 Å². The minimum absolute atomic E-state index is 0.180. The van der Waals surface area contributed by atoms with Gasteiger partial charge in [-0.15, -0.1) is 0 Å². The van der Waals surface area contributed by atoms with Crippen molar-refractivity contribution in [2.75, 3.05) is 6.26 Å². The second-order valence-electron chi connectivity index (χ2n) is 4.21. The van der Waals surface area contributed by atoms with E-state index < -0.39 is 9.84 Å². The van der Waals surface area contributed by atoms with E-state index in [0.717, 1.165) is 12.8 Å². The summed E-state index contributed by atoms with van der Waals surface area (Å²) in [6, 6.07) is 6.73. The van der Waals surface area contributed by atoms with E-state index in [2.05, 4.69) is 0 Å². The van der Waals surface area contributed by atoms with Crippen LogP contribution >= 0.6 is 0 Å². The molecule has 0 atom stereocenters. The normalized spacial score (nSPS) is 24.9. The molecule has 0 radical (unpaired) electrons. The monoisotopic (exact) mass is 241 g/mol. The molecule has 0 bridgehead atoms. The summed E-state index contributed by atoms with van der Waals surface area (Å²) in [5.41, 5.74) is 5.64. The molecule has 2 rings (SSSR count). The van der Waals surface area contributed by atoms with Crippen molar-refractivity contribution in [1.29, 1.82) is 0 Å². The molecule has 0 aliphatic heterocycles. The predicted molar refractivity (Wildman–Crippen MR) is 61.2 cm³/mol. The lowest BCUT2D eigenvalue weighted by Crippen LogP contribution is -2.43. The topological polar surface area (TPSA) is 69.4 Å². The Labute approximate surface area is 95.3 Å². The van der Waals surface area contributed by atoms with Crippen LogP contribution < -0.4 is 10.5 Å². The summed E-state index contributed by atoms with van der Waals surface area (Å²) in [5.74, 6) is 0.698. The first-order valence-electron chi connectivity index (χ1n) is 5.17. The number of nitrogens with two attached hydrogens (primary N) is 1. The zero-order valence-electron chi connectivity index (χ0n) is 9.09. The van der Waals surface area contributed by atoms with Crippen LogP contribution in [0, 0.1) is 0 Å². The molecule has 1 saturated carbocycles. The van der Waals surface area contributed by atoms with Crippen LogP contribution in [0.1, 0.15) is 12.8 Å². The Kier molecular flexibility index (Phi) is 2.90. The molecule has 4 nitrogen and oxygen atoms in total. The van der Waals surface area contributed by atoms with Gasteiger partial charge in [0.05, 0.1) is 4.90 Å². The number of sulfone groups is 1. The van der Waals surface area contributed by atoms with Crippen molar-refractivity contribution in [2.24, 2.45) is 5.73 Å². The molecule has 1 aliphatic carbocycles. The van der Waals surface area contributed by atoms with Crippen molar-refractivity contribution in [3.8, 4) is 5.75 Å². The Hall–Kier alpha value is -1.07. The van der Waals surface area contributed by atoms with Gasteiger partial charge < -0.3 is 10.5 Å². The third kappa shape index (κ3) is 2.54. The number of benzene rings is 1. The van der Waals surface area contributed by atoms with E-state index in [-0.39, 0.29) is 12.1 Å². The third-order valence-corrected chi connectivity index (χ3v) is 3.81. The average Bonchev–Trinajstić information content (AvgIpc) is 2.15. The van der Waals surface area contributed by atoms with Gasteiger partial charge in [0.1, 0.15) is 11.9 Å². The Bertz CT molecular complexity index is 461. The van der Waals surface area contributed by atoms with Gasteiger partial charge in [0.2, 0.25) is 0 Å². The molecule has 0 saturated heterocycles. The third-order valence-electron chi connectivity index (χ3n) is 2.69. The number of rotatable bonds is 3. The fourth-order valence-corrected chi connectivity index (χ4v) is 2.29. The summed E-state index contributed by atoms with van der Waals surface area (Å²) in [4.78, 5) is 0.310. The van der Waals surface area contributed by atoms with E-state index in [1.807, 2.05) is 0 Å². The van der Waals surface area contributed by atoms with Crippen molar-refractivity contribution in [1.82, 2.24) is 0 Å². The lowest BCUT2D eigenvalue weighted by atomic mass is 9.90. The van der Waals surface area contributed by atoms with Crippen LogP contribution in [0.25, 0.3) is 0 Å². The van der Waals surface area contributed by atoms with Crippen molar-refractivity contribution in [3.63, 3.8) is 0 Å². The van der Waals surface area contributed by atoms with Gasteiger partial charge in [0.25, 0.3) is 0 Å². The van der Waals surface area contributed by atoms with Gasteiger partial charge in [0.15, 0.2) is 9.84 Å². The van der Waals surface area contributed by atoms with E-state index >= 15 is 0 Å². The lowest BCUT2D eigenvalue weighted by molar-refractivity contribution is 0.101. The fraction of sp³-hybridized carbons (Fsp3) is 0.455. The lowest BCUT2D eigenvalue weighted by Gasteiger charge is -2.32. The number of hydrogen-bond acceptors (Lipinski definition) is 4. The van der Waals surface area contributed by atoms with Gasteiger partial charge >= 0.3 is 0 Å². The van der Waals surface area contributed by atoms with Crippen molar-refractivity contribution >= 4 is 9.84 Å². The summed E-state index contributed by atoms with van der Waals surface area (Å²) in [5, 5.41) is 0. The molecule has 16 heavy (non-hydrogen) atoms. The van der Waals surface area contributed by atoms with Gasteiger partial charge in [-0.05, 0) is 37.1 Å². The summed E-state index contributed by atoms with van der Waals surface area (Å²) in [6.07, 6.45) is 3.11. The van der Waals surface area contributed by atoms with E-state index in [9.17, 15) is 8.42 Å². The minimum atomic E-state index is -3.12. The van der Waals surface area contributed by atoms with E-state index in [0.29, 0.717) is 10.6 Å². The molecule has 1 aromatic rings. The summed E-state index contributed by atoms with van der Waals surface area (Å²) in [7, 11) is -3.12. The van der Waals surface area contributed by atoms with Crippen LogP contribution in [-0.2, 0) is 9.84 Å². The first kappa shape index (κ1) is 11.4. The number of ether oxygens (including phenoxy) is 1. The maximum Gasteiger partial charge on any atom is 0.175 e. The highest BCUT2D eigenvalue weighted by atomic mass is 32.2. The van der Waals surface area contributed by atoms with Crippen LogP contribution in [0.2, 0.25) is 0 Å². The highest BCUT2D eigenvalue weighted by Gasteiger charge is 2.27. The SMILES string of the molecule is CS(=O)(=O)c1ccc(OC2CC(N)C2)cc1. The molecule has 0 amide bonds. The van der Waals surface area contributed by atoms with Gasteiger partial charge in [0, 0.05) is 12.3 Å². The predicted octanol–water partition coefficient (Wildman–Crippen LogP) is 0.959. The standard InChI is InChI=1S/C11H15NO3S/c1-16(13,14)11-4-2-9(3-5-11)15-10-6-8(12)7-10/h2-5,8,10H,6-7,12H2,1H3. The van der Waals surface area contributed by atoms with Gasteiger partial charge in [-0.2, -0.15) is 0 Å². The minimum Gasteiger partial charge on any atom is -0.490 e. The highest BCUT2D eigenvalue weighted by Crippen LogP contribution is 2.25. The van der Waals surface area contributed by atoms with E-state index in [1.54, 1.807) is 24.3 Å². The summed E-state index contributed by atoms with van der Waals surface area (Å²) in [6.45, 7) is 0. The summed E-state index contributed by atoms with van der Waals surface area (Å²) < 4.78 is 28.1. The number of hydrogen-bond donors (Lipinski definition) is 1. The molecule has 5 heteroatoms. The molecule has 1 fully saturated rings. The van der Waals surface area contributed by atoms with Crippen LogP contribution in [-0.4, -0.2) is 26.8 Å². The van der Waals surface area contributed by atoms with Gasteiger partial charge in [-0.3, -0.25) is 0 Å². The molecule has 2 N–H and O–H groups in total. The first-order valence-corrected chi connectivity index (χ1v) is 7.06. The molecular weight excluding hydrogens is 226 g/mol. The van der Waals surface area contributed by atoms with Crippen molar-refractivity contribution in [3.05, 3.63) is 24.3 Å². The second kappa shape index (κ2) is 4.07. The largest absolute Gasteiger partial charge is 0.490 e. The van der Waals surface area contributed by atoms with Crippen molar-refractivity contribution < 1.29 is 13.2 Å². The molecule has 0 heterocycles. The molecule has 0 unspecified atom stereocenters. The Balaban J connectivity index is 2.03. The molecule has 0 aromatic heterocycles. The Morgan fingerprint density at radius 3 is 2.25 bits per heavy atom. The van der Waals surface area contributed by atoms with E-state index in [4.69, 9.17) is 10.5 Å². The van der Waals surface area contributed by atoms with Gasteiger partial charge in [-0.25, -0.2) is 8.42 Å². The second-order valence-corrected chi connectivity index (χ2v) is 6.23. The first-order chi connectivity index (χ1) is 7.45. The Morgan fingerprint density at radius 1 is 1.25 bits per heavy atom. The van der Waals surface area contributed by atoms with Crippen LogP contribution in [0.3, 0.4) is 0 Å². The fourth-order valence-electron chi connectivity index (χ4n) is 1.66. The molecule has 88 valence electrons. The molecule has 1 aromatic carbocycles. The zero-order chi connectivity index (χ0) is 11.8. The zero-order valence-corrected chi connectivity index (χ0v) is 9.91. The average molecular weight is 241 g/mol. The highest BCUT2D eigenvalue weighted by molar-refractivity contribution is 7.90. The smallest absolute Gasteiger partial charge is 0.175 e. The van der Waals surface area contributed by atoms with Crippen LogP contribution in [0.4, 0.5) is 0 Å². The molecule has 1 aliphatic rings. The van der Waals surface area contributed by atoms with Crippen molar-refractivity contribution in [2.45, 2.75) is 29.9 Å². The van der Waals surface area contributed by atoms with Crippen LogP contribution in [0.15, 0.2) is 29.2 Å².